The van der Waals surface area contributed by atoms with Crippen molar-refractivity contribution in [3.63, 3.8) is 0 Å². The number of carbonyl (C=O) groups excluding carboxylic acids is 1. The van der Waals surface area contributed by atoms with Crippen molar-refractivity contribution >= 4 is 29.0 Å². The third-order valence-electron chi connectivity index (χ3n) is 6.23. The van der Waals surface area contributed by atoms with E-state index in [1.807, 2.05) is 40.1 Å². The van der Waals surface area contributed by atoms with Crippen LogP contribution in [-0.2, 0) is 6.54 Å². The van der Waals surface area contributed by atoms with Crippen LogP contribution in [-0.4, -0.2) is 42.0 Å². The number of anilines is 2. The van der Waals surface area contributed by atoms with Crippen LogP contribution in [0.1, 0.15) is 28.8 Å². The molecule has 1 saturated heterocycles. The predicted octanol–water partition coefficient (Wildman–Crippen LogP) is 5.35. The van der Waals surface area contributed by atoms with Gasteiger partial charge in [-0.15, -0.1) is 0 Å². The van der Waals surface area contributed by atoms with Gasteiger partial charge in [-0.05, 0) is 48.7 Å². The quantitative estimate of drug-likeness (QED) is 0.524. The van der Waals surface area contributed by atoms with Gasteiger partial charge in [0.25, 0.3) is 5.91 Å². The summed E-state index contributed by atoms with van der Waals surface area (Å²) in [7, 11) is 0. The molecule has 33 heavy (non-hydrogen) atoms. The van der Waals surface area contributed by atoms with Gasteiger partial charge in [0.15, 0.2) is 0 Å². The van der Waals surface area contributed by atoms with E-state index in [2.05, 4.69) is 10.3 Å². The maximum Gasteiger partial charge on any atom is 0.253 e. The fourth-order valence-corrected chi connectivity index (χ4v) is 4.61. The Morgan fingerprint density at radius 1 is 1.00 bits per heavy atom. The zero-order valence-electron chi connectivity index (χ0n) is 18.0. The highest BCUT2D eigenvalue weighted by Crippen LogP contribution is 2.34. The van der Waals surface area contributed by atoms with Gasteiger partial charge < -0.3 is 15.1 Å². The van der Waals surface area contributed by atoms with Crippen molar-refractivity contribution in [1.82, 2.24) is 9.88 Å². The summed E-state index contributed by atoms with van der Waals surface area (Å²) in [6.07, 6.45) is 3.88. The molecule has 5 nitrogen and oxygen atoms in total. The molecule has 5 rings (SSSR count). The maximum atomic E-state index is 14.4. The van der Waals surface area contributed by atoms with Crippen molar-refractivity contribution < 1.29 is 13.6 Å². The molecule has 3 heterocycles. The second-order valence-electron chi connectivity index (χ2n) is 8.34. The summed E-state index contributed by atoms with van der Waals surface area (Å²) >= 11 is 6.06. The summed E-state index contributed by atoms with van der Waals surface area (Å²) < 4.78 is 28.3. The first-order valence-electron chi connectivity index (χ1n) is 11.0. The van der Waals surface area contributed by atoms with Gasteiger partial charge in [-0.25, -0.2) is 13.8 Å². The molecule has 1 aromatic heterocycles. The number of fused-ring (bicyclic) bond motifs is 1. The number of rotatable bonds is 4. The predicted molar refractivity (Wildman–Crippen MR) is 126 cm³/mol. The van der Waals surface area contributed by atoms with Crippen LogP contribution >= 0.6 is 11.6 Å². The maximum absolute atomic E-state index is 14.4. The second kappa shape index (κ2) is 8.98. The zero-order valence-corrected chi connectivity index (χ0v) is 18.7. The van der Waals surface area contributed by atoms with E-state index < -0.39 is 11.6 Å². The Balaban J connectivity index is 1.42. The van der Waals surface area contributed by atoms with Crippen LogP contribution in [0, 0.1) is 11.6 Å². The van der Waals surface area contributed by atoms with Gasteiger partial charge in [-0.1, -0.05) is 23.7 Å². The van der Waals surface area contributed by atoms with E-state index in [0.29, 0.717) is 24.5 Å². The highest BCUT2D eigenvalue weighted by molar-refractivity contribution is 6.31. The molecule has 170 valence electrons. The van der Waals surface area contributed by atoms with Gasteiger partial charge in [-0.3, -0.25) is 4.79 Å². The molecule has 0 radical (unpaired) electrons. The Kier molecular flexibility index (Phi) is 5.89. The summed E-state index contributed by atoms with van der Waals surface area (Å²) in [4.78, 5) is 21.0. The van der Waals surface area contributed by atoms with Crippen molar-refractivity contribution in [3.8, 4) is 11.1 Å². The summed E-state index contributed by atoms with van der Waals surface area (Å²) in [5, 5.41) is 3.05. The molecule has 0 atom stereocenters. The molecule has 2 aliphatic rings. The van der Waals surface area contributed by atoms with Gasteiger partial charge in [0.1, 0.15) is 17.5 Å². The Morgan fingerprint density at radius 3 is 2.48 bits per heavy atom. The van der Waals surface area contributed by atoms with Gasteiger partial charge in [-0.2, -0.15) is 0 Å². The first-order valence-corrected chi connectivity index (χ1v) is 11.4. The van der Waals surface area contributed by atoms with Crippen molar-refractivity contribution in [2.45, 2.75) is 19.4 Å². The van der Waals surface area contributed by atoms with E-state index in [4.69, 9.17) is 11.6 Å². The summed E-state index contributed by atoms with van der Waals surface area (Å²) in [6, 6.07) is 11.6. The molecule has 1 fully saturated rings. The number of benzene rings is 2. The number of likely N-dealkylation sites (tertiary alicyclic amines) is 1. The first-order chi connectivity index (χ1) is 16.0. The molecule has 2 aromatic carbocycles. The number of pyridine rings is 1. The Morgan fingerprint density at radius 2 is 1.73 bits per heavy atom. The molecule has 1 N–H and O–H groups in total. The van der Waals surface area contributed by atoms with Crippen molar-refractivity contribution in [3.05, 3.63) is 76.4 Å². The number of nitrogens with zero attached hydrogens (tertiary/aromatic N) is 3. The largest absolute Gasteiger partial charge is 0.367 e. The van der Waals surface area contributed by atoms with Crippen LogP contribution in [0.15, 0.2) is 48.7 Å². The molecule has 2 aliphatic heterocycles. The molecular weight excluding hydrogens is 446 g/mol. The normalized spacial score (nSPS) is 15.4. The van der Waals surface area contributed by atoms with E-state index in [1.54, 1.807) is 6.20 Å². The lowest BCUT2D eigenvalue weighted by molar-refractivity contribution is 0.0793. The number of hydrogen-bond donors (Lipinski definition) is 1. The second-order valence-corrected chi connectivity index (χ2v) is 8.72. The first kappa shape index (κ1) is 21.6. The summed E-state index contributed by atoms with van der Waals surface area (Å²) in [5.41, 5.74) is 3.37. The number of amides is 1. The van der Waals surface area contributed by atoms with Crippen molar-refractivity contribution in [2.24, 2.45) is 0 Å². The van der Waals surface area contributed by atoms with Crippen molar-refractivity contribution in [1.29, 1.82) is 0 Å². The summed E-state index contributed by atoms with van der Waals surface area (Å²) in [6.45, 7) is 2.97. The third kappa shape index (κ3) is 4.25. The van der Waals surface area contributed by atoms with E-state index in [-0.39, 0.29) is 23.0 Å². The number of halogens is 3. The van der Waals surface area contributed by atoms with E-state index in [9.17, 15) is 13.6 Å². The SMILES string of the molecule is O=C(c1ccc(-c2cnc3c(c2)N(Cc2c(F)ccc(F)c2Cl)CCN3)cc1)N1CCCC1. The van der Waals surface area contributed by atoms with Crippen molar-refractivity contribution in [2.75, 3.05) is 36.4 Å². The highest BCUT2D eigenvalue weighted by Gasteiger charge is 2.23. The third-order valence-corrected chi connectivity index (χ3v) is 6.64. The fourth-order valence-electron chi connectivity index (χ4n) is 4.40. The number of aromatic nitrogens is 1. The van der Waals surface area contributed by atoms with Crippen LogP contribution in [0.25, 0.3) is 11.1 Å². The molecule has 0 bridgehead atoms. The smallest absolute Gasteiger partial charge is 0.253 e. The molecule has 0 saturated carbocycles. The molecule has 3 aromatic rings. The lowest BCUT2D eigenvalue weighted by atomic mass is 10.0. The highest BCUT2D eigenvalue weighted by atomic mass is 35.5. The van der Waals surface area contributed by atoms with Crippen LogP contribution in [0.2, 0.25) is 5.02 Å². The molecule has 0 aliphatic carbocycles. The Hall–Kier alpha value is -3.19. The van der Waals surface area contributed by atoms with E-state index >= 15 is 0 Å². The minimum Gasteiger partial charge on any atom is -0.367 e. The van der Waals surface area contributed by atoms with Crippen LogP contribution < -0.4 is 10.2 Å². The number of nitrogens with one attached hydrogen (secondary N) is 1. The average Bonchev–Trinajstić information content (AvgIpc) is 3.39. The van der Waals surface area contributed by atoms with Gasteiger partial charge >= 0.3 is 0 Å². The zero-order chi connectivity index (χ0) is 22.9. The lowest BCUT2D eigenvalue weighted by Crippen LogP contribution is -2.34. The van der Waals surface area contributed by atoms with E-state index in [1.165, 1.54) is 0 Å². The van der Waals surface area contributed by atoms with Crippen LogP contribution in [0.3, 0.4) is 0 Å². The molecule has 1 amide bonds. The molecule has 8 heteroatoms. The number of hydrogen-bond acceptors (Lipinski definition) is 4. The van der Waals surface area contributed by atoms with Crippen LogP contribution in [0.4, 0.5) is 20.3 Å². The van der Waals surface area contributed by atoms with Crippen LogP contribution in [0.5, 0.6) is 0 Å². The Bertz CT molecular complexity index is 1200. The summed E-state index contributed by atoms with van der Waals surface area (Å²) in [5.74, 6) is -0.437. The van der Waals surface area contributed by atoms with E-state index in [0.717, 1.165) is 54.9 Å². The van der Waals surface area contributed by atoms with Gasteiger partial charge in [0.2, 0.25) is 0 Å². The fraction of sp³-hybridized carbons (Fsp3) is 0.280. The topological polar surface area (TPSA) is 48.5 Å². The number of carbonyl (C=O) groups is 1. The van der Waals surface area contributed by atoms with Gasteiger partial charge in [0.05, 0.1) is 10.7 Å². The Labute approximate surface area is 196 Å². The minimum absolute atomic E-state index is 0.0620. The van der Waals surface area contributed by atoms with Gasteiger partial charge in [0, 0.05) is 55.6 Å². The minimum atomic E-state index is -0.640. The standard InChI is InChI=1S/C25H23ClF2N4O/c26-23-19(20(27)7-8-21(23)28)15-32-12-9-29-24-22(32)13-18(14-30-24)16-3-5-17(6-4-16)25(33)31-10-1-2-11-31/h3-8,13-14H,1-2,9-12,15H2,(H,29,30). The lowest BCUT2D eigenvalue weighted by Gasteiger charge is -2.32. The molecule has 0 spiro atoms. The monoisotopic (exact) mass is 468 g/mol. The molecular formula is C25H23ClF2N4O. The average molecular weight is 469 g/mol. The molecule has 0 unspecified atom stereocenters.